The summed E-state index contributed by atoms with van der Waals surface area (Å²) >= 11 is 0. The van der Waals surface area contributed by atoms with Crippen molar-refractivity contribution < 1.29 is 28.5 Å². The van der Waals surface area contributed by atoms with Crippen LogP contribution in [0.25, 0.3) is 0 Å². The van der Waals surface area contributed by atoms with E-state index in [1.807, 2.05) is 35.2 Å². The average Bonchev–Trinajstić information content (AvgIpc) is 2.94. The summed E-state index contributed by atoms with van der Waals surface area (Å²) < 4.78 is 21.4. The number of carbonyl (C=O) groups excluding carboxylic acids is 2. The number of hydrogen-bond acceptors (Lipinski definition) is 7. The molecule has 3 aromatic rings. The van der Waals surface area contributed by atoms with Gasteiger partial charge in [0.15, 0.2) is 5.75 Å². The third-order valence-corrected chi connectivity index (χ3v) is 6.61. The molecule has 0 radical (unpaired) electrons. The monoisotopic (exact) mass is 520 g/mol. The van der Waals surface area contributed by atoms with Crippen LogP contribution in [0.3, 0.4) is 0 Å². The topological polar surface area (TPSA) is 107 Å². The van der Waals surface area contributed by atoms with Crippen molar-refractivity contribution >= 4 is 11.9 Å². The first kappa shape index (κ1) is 26.9. The Balaban J connectivity index is 1.55. The lowest BCUT2D eigenvalue weighted by atomic mass is 9.90. The summed E-state index contributed by atoms with van der Waals surface area (Å²) in [5.41, 5.74) is 1.87. The quantitative estimate of drug-likeness (QED) is 0.340. The van der Waals surface area contributed by atoms with Crippen LogP contribution in [0.1, 0.15) is 39.5 Å². The minimum Gasteiger partial charge on any atom is -0.492 e. The first-order valence-electron chi connectivity index (χ1n) is 12.5. The molecule has 4 rings (SSSR count). The summed E-state index contributed by atoms with van der Waals surface area (Å²) in [4.78, 5) is 43.1. The van der Waals surface area contributed by atoms with Crippen LogP contribution in [-0.2, 0) is 16.0 Å². The molecule has 2 heterocycles. The van der Waals surface area contributed by atoms with Gasteiger partial charge in [-0.15, -0.1) is 0 Å². The van der Waals surface area contributed by atoms with Gasteiger partial charge in [0.1, 0.15) is 11.3 Å². The summed E-state index contributed by atoms with van der Waals surface area (Å²) in [6.45, 7) is 3.78. The zero-order valence-corrected chi connectivity index (χ0v) is 21.8. The number of nitrogens with zero attached hydrogens (tertiary/aromatic N) is 1. The molecule has 0 aliphatic carbocycles. The number of methoxy groups -OCH3 is 2. The standard InChI is InChI=1S/C29H32N2O7/c1-19-24(25(35-2)26(36-3)27(32)30-19)29(34)38-22-12-10-21(11-13-22)23(14-9-20-7-5-4-6-8-20)28(33)31-15-17-37-18-16-31/h4-8,10-13,23H,9,14-18H2,1-3H3,(H,30,32). The molecule has 9 nitrogen and oxygen atoms in total. The molecule has 1 saturated heterocycles. The molecular weight excluding hydrogens is 488 g/mol. The van der Waals surface area contributed by atoms with Crippen LogP contribution in [0, 0.1) is 6.92 Å². The minimum atomic E-state index is -0.702. The molecule has 0 bridgehead atoms. The van der Waals surface area contributed by atoms with E-state index in [1.54, 1.807) is 19.1 Å². The Kier molecular flexibility index (Phi) is 8.81. The molecule has 1 aromatic heterocycles. The average molecular weight is 521 g/mol. The zero-order chi connectivity index (χ0) is 27.1. The highest BCUT2D eigenvalue weighted by Crippen LogP contribution is 2.31. The number of esters is 1. The number of morpholine rings is 1. The second kappa shape index (κ2) is 12.4. The fourth-order valence-corrected chi connectivity index (χ4v) is 4.62. The Bertz CT molecular complexity index is 1310. The Hall–Kier alpha value is -4.11. The fraction of sp³-hybridized carbons (Fsp3) is 0.345. The van der Waals surface area contributed by atoms with Gasteiger partial charge in [0.25, 0.3) is 5.56 Å². The van der Waals surface area contributed by atoms with Crippen molar-refractivity contribution in [3.8, 4) is 17.2 Å². The maximum Gasteiger partial charge on any atom is 0.349 e. The molecule has 1 fully saturated rings. The van der Waals surface area contributed by atoms with Crippen LogP contribution < -0.4 is 19.8 Å². The van der Waals surface area contributed by atoms with Crippen molar-refractivity contribution in [2.24, 2.45) is 0 Å². The molecule has 9 heteroatoms. The molecule has 1 unspecified atom stereocenters. The SMILES string of the molecule is COc1c(C(=O)Oc2ccc(C(CCc3ccccc3)C(=O)N3CCOCC3)cc2)c(C)[nH]c(=O)c1OC. The Morgan fingerprint density at radius 1 is 0.974 bits per heavy atom. The lowest BCUT2D eigenvalue weighted by Gasteiger charge is -2.30. The Morgan fingerprint density at radius 3 is 2.26 bits per heavy atom. The predicted molar refractivity (Wildman–Crippen MR) is 141 cm³/mol. The van der Waals surface area contributed by atoms with Gasteiger partial charge in [0.2, 0.25) is 11.7 Å². The molecule has 2 aromatic carbocycles. The minimum absolute atomic E-state index is 0.00690. The number of aromatic nitrogens is 1. The molecule has 1 N–H and O–H groups in total. The number of hydrogen-bond donors (Lipinski definition) is 1. The number of ether oxygens (including phenoxy) is 4. The van der Waals surface area contributed by atoms with Crippen LogP contribution in [0.4, 0.5) is 0 Å². The van der Waals surface area contributed by atoms with Crippen molar-refractivity contribution in [2.75, 3.05) is 40.5 Å². The number of benzene rings is 2. The summed E-state index contributed by atoms with van der Waals surface area (Å²) in [7, 11) is 2.67. The lowest BCUT2D eigenvalue weighted by molar-refractivity contribution is -0.137. The van der Waals surface area contributed by atoms with Gasteiger partial charge >= 0.3 is 5.97 Å². The molecule has 200 valence electrons. The molecular formula is C29H32N2O7. The number of carbonyl (C=O) groups is 2. The number of rotatable bonds is 9. The van der Waals surface area contributed by atoms with Crippen LogP contribution in [-0.4, -0.2) is 62.3 Å². The molecule has 1 amide bonds. The second-order valence-corrected chi connectivity index (χ2v) is 8.99. The second-order valence-electron chi connectivity index (χ2n) is 8.99. The van der Waals surface area contributed by atoms with Crippen LogP contribution in [0.5, 0.6) is 17.2 Å². The van der Waals surface area contributed by atoms with Crippen LogP contribution in [0.2, 0.25) is 0 Å². The number of H-pyrrole nitrogens is 1. The van der Waals surface area contributed by atoms with E-state index in [-0.39, 0.29) is 28.9 Å². The van der Waals surface area contributed by atoms with Crippen molar-refractivity contribution in [3.63, 3.8) is 0 Å². The molecule has 1 aliphatic rings. The summed E-state index contributed by atoms with van der Waals surface area (Å²) in [5, 5.41) is 0. The van der Waals surface area contributed by atoms with E-state index < -0.39 is 11.5 Å². The smallest absolute Gasteiger partial charge is 0.349 e. The van der Waals surface area contributed by atoms with Crippen molar-refractivity contribution in [2.45, 2.75) is 25.7 Å². The summed E-state index contributed by atoms with van der Waals surface area (Å²) in [6, 6.07) is 17.0. The fourth-order valence-electron chi connectivity index (χ4n) is 4.62. The van der Waals surface area contributed by atoms with E-state index in [9.17, 15) is 14.4 Å². The van der Waals surface area contributed by atoms with Crippen molar-refractivity contribution in [3.05, 3.63) is 87.3 Å². The summed E-state index contributed by atoms with van der Waals surface area (Å²) in [5.74, 6) is -0.785. The van der Waals surface area contributed by atoms with Gasteiger partial charge in [0, 0.05) is 18.8 Å². The molecule has 38 heavy (non-hydrogen) atoms. The Morgan fingerprint density at radius 2 is 1.63 bits per heavy atom. The predicted octanol–water partition coefficient (Wildman–Crippen LogP) is 3.49. The highest BCUT2D eigenvalue weighted by atomic mass is 16.5. The number of aromatic amines is 1. The van der Waals surface area contributed by atoms with Gasteiger partial charge < -0.3 is 28.8 Å². The van der Waals surface area contributed by atoms with E-state index >= 15 is 0 Å². The van der Waals surface area contributed by atoms with Gasteiger partial charge in [0.05, 0.1) is 33.4 Å². The van der Waals surface area contributed by atoms with Gasteiger partial charge in [-0.2, -0.15) is 0 Å². The molecule has 1 aliphatic heterocycles. The van der Waals surface area contributed by atoms with Crippen molar-refractivity contribution in [1.82, 2.24) is 9.88 Å². The van der Waals surface area contributed by atoms with Gasteiger partial charge in [-0.1, -0.05) is 42.5 Å². The van der Waals surface area contributed by atoms with E-state index in [2.05, 4.69) is 17.1 Å². The lowest BCUT2D eigenvalue weighted by Crippen LogP contribution is -2.43. The maximum atomic E-state index is 13.5. The van der Waals surface area contributed by atoms with Gasteiger partial charge in [-0.05, 0) is 43.0 Å². The highest BCUT2D eigenvalue weighted by molar-refractivity contribution is 5.96. The highest BCUT2D eigenvalue weighted by Gasteiger charge is 2.28. The first-order valence-corrected chi connectivity index (χ1v) is 12.5. The maximum absolute atomic E-state index is 13.5. The van der Waals surface area contributed by atoms with Gasteiger partial charge in [-0.25, -0.2) is 4.79 Å². The Labute approximate surface area is 221 Å². The van der Waals surface area contributed by atoms with Crippen LogP contribution in [0.15, 0.2) is 59.4 Å². The third kappa shape index (κ3) is 6.06. The van der Waals surface area contributed by atoms with Crippen molar-refractivity contribution in [1.29, 1.82) is 0 Å². The molecule has 1 atom stereocenters. The third-order valence-electron chi connectivity index (χ3n) is 6.61. The zero-order valence-electron chi connectivity index (χ0n) is 21.8. The van der Waals surface area contributed by atoms with E-state index in [0.29, 0.717) is 44.2 Å². The summed E-state index contributed by atoms with van der Waals surface area (Å²) in [6.07, 6.45) is 1.40. The molecule has 0 saturated carbocycles. The number of pyridine rings is 1. The van der Waals surface area contributed by atoms with E-state index in [1.165, 1.54) is 19.8 Å². The normalized spacial score (nSPS) is 14.0. The largest absolute Gasteiger partial charge is 0.492 e. The number of nitrogens with one attached hydrogen (secondary N) is 1. The van der Waals surface area contributed by atoms with E-state index in [0.717, 1.165) is 12.0 Å². The molecule has 0 spiro atoms. The number of amides is 1. The van der Waals surface area contributed by atoms with Gasteiger partial charge in [-0.3, -0.25) is 9.59 Å². The van der Waals surface area contributed by atoms with E-state index in [4.69, 9.17) is 18.9 Å². The first-order chi connectivity index (χ1) is 18.4. The number of aryl methyl sites for hydroxylation is 2. The van der Waals surface area contributed by atoms with Crippen LogP contribution >= 0.6 is 0 Å².